The summed E-state index contributed by atoms with van der Waals surface area (Å²) in [6.07, 6.45) is 4.17. The Bertz CT molecular complexity index is 629. The molecular formula is C17H22FN3. The van der Waals surface area contributed by atoms with Crippen LogP contribution in [0, 0.1) is 5.82 Å². The molecule has 0 amide bonds. The van der Waals surface area contributed by atoms with E-state index in [1.54, 1.807) is 10.7 Å². The molecule has 1 aliphatic rings. The van der Waals surface area contributed by atoms with Crippen molar-refractivity contribution in [2.24, 2.45) is 0 Å². The predicted molar refractivity (Wildman–Crippen MR) is 82.1 cm³/mol. The monoisotopic (exact) mass is 287 g/mol. The van der Waals surface area contributed by atoms with Gasteiger partial charge in [-0.05, 0) is 43.4 Å². The summed E-state index contributed by atoms with van der Waals surface area (Å²) in [4.78, 5) is 0. The molecule has 2 aromatic rings. The first-order valence-electron chi connectivity index (χ1n) is 7.81. The molecule has 1 heterocycles. The van der Waals surface area contributed by atoms with E-state index in [0.717, 1.165) is 29.8 Å². The molecule has 21 heavy (non-hydrogen) atoms. The maximum absolute atomic E-state index is 14.4. The van der Waals surface area contributed by atoms with E-state index >= 15 is 0 Å². The van der Waals surface area contributed by atoms with Gasteiger partial charge in [-0.2, -0.15) is 5.10 Å². The van der Waals surface area contributed by atoms with E-state index in [2.05, 4.69) is 30.3 Å². The number of nitrogens with one attached hydrogen (secondary N) is 1. The highest BCUT2D eigenvalue weighted by atomic mass is 19.1. The van der Waals surface area contributed by atoms with Crippen molar-refractivity contribution in [3.8, 4) is 5.69 Å². The Labute approximate surface area is 125 Å². The molecule has 0 unspecified atom stereocenters. The third-order valence-corrected chi connectivity index (χ3v) is 4.00. The van der Waals surface area contributed by atoms with E-state index in [1.807, 2.05) is 6.07 Å². The third-order valence-electron chi connectivity index (χ3n) is 4.00. The molecule has 4 heteroatoms. The summed E-state index contributed by atoms with van der Waals surface area (Å²) in [7, 11) is 0. The van der Waals surface area contributed by atoms with E-state index in [-0.39, 0.29) is 5.82 Å². The van der Waals surface area contributed by atoms with Gasteiger partial charge < -0.3 is 5.32 Å². The number of hydrogen-bond acceptors (Lipinski definition) is 2. The highest BCUT2D eigenvalue weighted by Gasteiger charge is 2.22. The molecule has 0 radical (unpaired) electrons. The molecule has 1 aliphatic carbocycles. The zero-order chi connectivity index (χ0) is 14.8. The van der Waals surface area contributed by atoms with Gasteiger partial charge in [0.25, 0.3) is 0 Å². The van der Waals surface area contributed by atoms with E-state index in [4.69, 9.17) is 0 Å². The number of rotatable bonds is 6. The summed E-state index contributed by atoms with van der Waals surface area (Å²) < 4.78 is 16.2. The lowest BCUT2D eigenvalue weighted by Gasteiger charge is -2.13. The number of para-hydroxylation sites is 1. The number of nitrogens with zero attached hydrogens (tertiary/aromatic N) is 2. The molecule has 0 saturated heterocycles. The molecular weight excluding hydrogens is 265 g/mol. The standard InChI is InChI=1S/C17H22FN3/c1-3-13-10-15(4-2)21(20-13)17-12(6-5-7-16(17)18)11-19-14-8-9-14/h5-7,10,14,19H,3-4,8-9,11H2,1-2H3. The number of halogens is 1. The molecule has 1 N–H and O–H groups in total. The van der Waals surface area contributed by atoms with Gasteiger partial charge in [-0.1, -0.05) is 26.0 Å². The molecule has 1 aromatic heterocycles. The lowest BCUT2D eigenvalue weighted by molar-refractivity contribution is 0.595. The Balaban J connectivity index is 2.00. The lowest BCUT2D eigenvalue weighted by atomic mass is 10.1. The Morgan fingerprint density at radius 1 is 1.29 bits per heavy atom. The molecule has 0 aliphatic heterocycles. The van der Waals surface area contributed by atoms with Crippen LogP contribution in [0.15, 0.2) is 24.3 Å². The van der Waals surface area contributed by atoms with E-state index in [0.29, 0.717) is 18.3 Å². The molecule has 1 saturated carbocycles. The molecule has 3 nitrogen and oxygen atoms in total. The second kappa shape index (κ2) is 5.98. The molecule has 112 valence electrons. The predicted octanol–water partition coefficient (Wildman–Crippen LogP) is 3.39. The first-order valence-corrected chi connectivity index (χ1v) is 7.81. The SMILES string of the molecule is CCc1cc(CC)n(-c2c(F)cccc2CNC2CC2)n1. The van der Waals surface area contributed by atoms with Crippen molar-refractivity contribution in [3.63, 3.8) is 0 Å². The van der Waals surface area contributed by atoms with Crippen molar-refractivity contribution in [2.45, 2.75) is 52.1 Å². The molecule has 0 spiro atoms. The van der Waals surface area contributed by atoms with Crippen LogP contribution < -0.4 is 5.32 Å². The van der Waals surface area contributed by atoms with Crippen LogP contribution in [0.2, 0.25) is 0 Å². The minimum Gasteiger partial charge on any atom is -0.310 e. The molecule has 0 atom stereocenters. The van der Waals surface area contributed by atoms with E-state index in [9.17, 15) is 4.39 Å². The zero-order valence-corrected chi connectivity index (χ0v) is 12.7. The average molecular weight is 287 g/mol. The van der Waals surface area contributed by atoms with Crippen LogP contribution in [0.25, 0.3) is 5.69 Å². The van der Waals surface area contributed by atoms with Gasteiger partial charge in [0.1, 0.15) is 11.5 Å². The van der Waals surface area contributed by atoms with Gasteiger partial charge in [0.15, 0.2) is 0 Å². The smallest absolute Gasteiger partial charge is 0.149 e. The van der Waals surface area contributed by atoms with Gasteiger partial charge in [-0.15, -0.1) is 0 Å². The van der Waals surface area contributed by atoms with Gasteiger partial charge in [0.05, 0.1) is 5.69 Å². The number of hydrogen-bond donors (Lipinski definition) is 1. The topological polar surface area (TPSA) is 29.9 Å². The van der Waals surface area contributed by atoms with Crippen LogP contribution in [0.5, 0.6) is 0 Å². The summed E-state index contributed by atoms with van der Waals surface area (Å²) in [5.41, 5.74) is 3.64. The molecule has 1 aromatic carbocycles. The summed E-state index contributed by atoms with van der Waals surface area (Å²) >= 11 is 0. The molecule has 0 bridgehead atoms. The fraction of sp³-hybridized carbons (Fsp3) is 0.471. The second-order valence-corrected chi connectivity index (χ2v) is 5.65. The number of benzene rings is 1. The highest BCUT2D eigenvalue weighted by Crippen LogP contribution is 2.24. The third kappa shape index (κ3) is 3.00. The lowest BCUT2D eigenvalue weighted by Crippen LogP contribution is -2.18. The van der Waals surface area contributed by atoms with Crippen molar-refractivity contribution in [3.05, 3.63) is 47.0 Å². The summed E-state index contributed by atoms with van der Waals surface area (Å²) in [5.74, 6) is -0.203. The van der Waals surface area contributed by atoms with Gasteiger partial charge in [0, 0.05) is 18.3 Å². The van der Waals surface area contributed by atoms with Crippen LogP contribution in [-0.4, -0.2) is 15.8 Å². The Hall–Kier alpha value is -1.68. The number of aryl methyl sites for hydroxylation is 2. The van der Waals surface area contributed by atoms with Crippen LogP contribution in [-0.2, 0) is 19.4 Å². The van der Waals surface area contributed by atoms with Crippen LogP contribution in [0.4, 0.5) is 4.39 Å². The Morgan fingerprint density at radius 3 is 2.76 bits per heavy atom. The minimum absolute atomic E-state index is 0.203. The van der Waals surface area contributed by atoms with Crippen molar-refractivity contribution in [1.82, 2.24) is 15.1 Å². The summed E-state index contributed by atoms with van der Waals surface area (Å²) in [6.45, 7) is 4.85. The first-order chi connectivity index (χ1) is 10.2. The van der Waals surface area contributed by atoms with Gasteiger partial charge in [0.2, 0.25) is 0 Å². The largest absolute Gasteiger partial charge is 0.310 e. The summed E-state index contributed by atoms with van der Waals surface area (Å²) in [6, 6.07) is 7.96. The zero-order valence-electron chi connectivity index (χ0n) is 12.7. The average Bonchev–Trinajstić information content (AvgIpc) is 3.23. The normalized spacial score (nSPS) is 14.6. The van der Waals surface area contributed by atoms with Crippen molar-refractivity contribution < 1.29 is 4.39 Å². The minimum atomic E-state index is -0.203. The number of aromatic nitrogens is 2. The van der Waals surface area contributed by atoms with Gasteiger partial charge in [-0.3, -0.25) is 0 Å². The molecule has 3 rings (SSSR count). The van der Waals surface area contributed by atoms with E-state index < -0.39 is 0 Å². The quantitative estimate of drug-likeness (QED) is 0.882. The highest BCUT2D eigenvalue weighted by molar-refractivity contribution is 5.43. The van der Waals surface area contributed by atoms with Crippen LogP contribution in [0.3, 0.4) is 0 Å². The maximum atomic E-state index is 14.4. The first kappa shape index (κ1) is 14.3. The van der Waals surface area contributed by atoms with E-state index in [1.165, 1.54) is 18.9 Å². The summed E-state index contributed by atoms with van der Waals surface area (Å²) in [5, 5.41) is 8.04. The van der Waals surface area contributed by atoms with Gasteiger partial charge >= 0.3 is 0 Å². The van der Waals surface area contributed by atoms with Crippen LogP contribution in [0.1, 0.15) is 43.6 Å². The van der Waals surface area contributed by atoms with Crippen LogP contribution >= 0.6 is 0 Å². The molecule has 1 fully saturated rings. The van der Waals surface area contributed by atoms with Gasteiger partial charge in [-0.25, -0.2) is 9.07 Å². The van der Waals surface area contributed by atoms with Crippen molar-refractivity contribution >= 4 is 0 Å². The Kier molecular flexibility index (Phi) is 4.06. The fourth-order valence-corrected chi connectivity index (χ4v) is 2.57. The maximum Gasteiger partial charge on any atom is 0.149 e. The second-order valence-electron chi connectivity index (χ2n) is 5.65. The van der Waals surface area contributed by atoms with Crippen molar-refractivity contribution in [1.29, 1.82) is 0 Å². The fourth-order valence-electron chi connectivity index (χ4n) is 2.57. The Morgan fingerprint density at radius 2 is 2.10 bits per heavy atom. The van der Waals surface area contributed by atoms with Crippen molar-refractivity contribution in [2.75, 3.05) is 0 Å².